The average molecular weight is 264 g/mol. The molecule has 0 aromatic carbocycles. The smallest absolute Gasteiger partial charge is 0.136 e. The Morgan fingerprint density at radius 3 is 2.72 bits per heavy atom. The third kappa shape index (κ3) is 2.50. The highest BCUT2D eigenvalue weighted by Crippen LogP contribution is 2.32. The molecule has 2 aliphatic rings. The van der Waals surface area contributed by atoms with Crippen molar-refractivity contribution in [3.63, 3.8) is 0 Å². The third-order valence-corrected chi connectivity index (χ3v) is 5.05. The summed E-state index contributed by atoms with van der Waals surface area (Å²) < 4.78 is 0. The van der Waals surface area contributed by atoms with E-state index in [1.807, 2.05) is 0 Å². The van der Waals surface area contributed by atoms with Crippen molar-refractivity contribution >= 4 is 17.1 Å². The van der Waals surface area contributed by atoms with Gasteiger partial charge in [0.1, 0.15) is 5.78 Å². The van der Waals surface area contributed by atoms with Gasteiger partial charge in [0.15, 0.2) is 0 Å². The molecule has 3 heterocycles. The second-order valence-corrected chi connectivity index (χ2v) is 6.59. The zero-order valence-electron chi connectivity index (χ0n) is 10.9. The topological polar surface area (TPSA) is 33.2 Å². The third-order valence-electron chi connectivity index (χ3n) is 4.23. The average Bonchev–Trinajstić information content (AvgIpc) is 2.72. The molecule has 3 rings (SSSR count). The largest absolute Gasteiger partial charge is 0.300 e. The monoisotopic (exact) mass is 264 g/mol. The quantitative estimate of drug-likeness (QED) is 0.841. The van der Waals surface area contributed by atoms with E-state index < -0.39 is 0 Å². The summed E-state index contributed by atoms with van der Waals surface area (Å²) in [5, 5.41) is 3.32. The van der Waals surface area contributed by atoms with Crippen molar-refractivity contribution in [3.8, 4) is 0 Å². The number of thiazole rings is 1. The molecule has 0 saturated carbocycles. The van der Waals surface area contributed by atoms with Gasteiger partial charge < -0.3 is 0 Å². The molecule has 0 amide bonds. The van der Waals surface area contributed by atoms with Crippen LogP contribution in [0.15, 0.2) is 5.38 Å². The number of fused-ring (bicyclic) bond motifs is 2. The maximum atomic E-state index is 11.7. The van der Waals surface area contributed by atoms with E-state index in [1.165, 1.54) is 25.0 Å². The molecule has 2 fully saturated rings. The highest BCUT2D eigenvalue weighted by atomic mass is 32.1. The zero-order chi connectivity index (χ0) is 12.5. The Morgan fingerprint density at radius 1 is 1.39 bits per heavy atom. The van der Waals surface area contributed by atoms with Gasteiger partial charge in [0.25, 0.3) is 0 Å². The number of carbonyl (C=O) groups is 1. The van der Waals surface area contributed by atoms with Crippen molar-refractivity contribution in [2.45, 2.75) is 57.5 Å². The predicted molar refractivity (Wildman–Crippen MR) is 72.9 cm³/mol. The second kappa shape index (κ2) is 5.10. The van der Waals surface area contributed by atoms with Gasteiger partial charge in [-0.05, 0) is 19.8 Å². The van der Waals surface area contributed by atoms with Crippen molar-refractivity contribution in [3.05, 3.63) is 16.1 Å². The Hall–Kier alpha value is -0.740. The highest BCUT2D eigenvalue weighted by Gasteiger charge is 2.36. The molecule has 2 unspecified atom stereocenters. The molecular formula is C14H20N2OS. The minimum absolute atomic E-state index is 0.477. The lowest BCUT2D eigenvalue weighted by Crippen LogP contribution is -2.52. The van der Waals surface area contributed by atoms with Gasteiger partial charge in [-0.1, -0.05) is 6.42 Å². The molecular weight excluding hydrogens is 244 g/mol. The minimum Gasteiger partial charge on any atom is -0.300 e. The standard InChI is InChI=1S/C14H20N2OS/c1-10-15-11(9-18-10)5-6-16-12-3-2-4-13(16)8-14(17)7-12/h9,12-13H,2-8H2,1H3. The van der Waals surface area contributed by atoms with Crippen LogP contribution in [-0.4, -0.2) is 34.3 Å². The van der Waals surface area contributed by atoms with Gasteiger partial charge in [0.05, 0.1) is 10.7 Å². The van der Waals surface area contributed by atoms with E-state index in [1.54, 1.807) is 11.3 Å². The molecule has 98 valence electrons. The number of piperidine rings is 2. The summed E-state index contributed by atoms with van der Waals surface area (Å²) in [7, 11) is 0. The molecule has 0 aliphatic carbocycles. The van der Waals surface area contributed by atoms with Crippen LogP contribution < -0.4 is 0 Å². The Balaban J connectivity index is 1.63. The number of aryl methyl sites for hydroxylation is 1. The number of hydrogen-bond acceptors (Lipinski definition) is 4. The number of carbonyl (C=O) groups excluding carboxylic acids is 1. The first-order valence-electron chi connectivity index (χ1n) is 6.91. The van der Waals surface area contributed by atoms with E-state index in [0.29, 0.717) is 17.9 Å². The van der Waals surface area contributed by atoms with Gasteiger partial charge in [0, 0.05) is 43.3 Å². The Bertz CT molecular complexity index is 427. The molecule has 1 aromatic heterocycles. The second-order valence-electron chi connectivity index (χ2n) is 5.53. The van der Waals surface area contributed by atoms with Crippen LogP contribution in [-0.2, 0) is 11.2 Å². The molecule has 2 saturated heterocycles. The van der Waals surface area contributed by atoms with E-state index in [0.717, 1.165) is 30.8 Å². The molecule has 2 atom stereocenters. The lowest BCUT2D eigenvalue weighted by Gasteiger charge is -2.45. The fourth-order valence-electron chi connectivity index (χ4n) is 3.40. The van der Waals surface area contributed by atoms with Gasteiger partial charge in [-0.25, -0.2) is 4.98 Å². The predicted octanol–water partition coefficient (Wildman–Crippen LogP) is 2.58. The lowest BCUT2D eigenvalue weighted by molar-refractivity contribution is -0.127. The SMILES string of the molecule is Cc1nc(CCN2C3CCCC2CC(=O)C3)cs1. The molecule has 0 N–H and O–H groups in total. The van der Waals surface area contributed by atoms with Crippen molar-refractivity contribution in [2.75, 3.05) is 6.54 Å². The molecule has 2 aliphatic heterocycles. The molecule has 0 spiro atoms. The number of aromatic nitrogens is 1. The molecule has 3 nitrogen and oxygen atoms in total. The van der Waals surface area contributed by atoms with Gasteiger partial charge >= 0.3 is 0 Å². The number of rotatable bonds is 3. The zero-order valence-corrected chi connectivity index (χ0v) is 11.7. The summed E-state index contributed by atoms with van der Waals surface area (Å²) in [6.07, 6.45) is 6.32. The van der Waals surface area contributed by atoms with Crippen LogP contribution in [0.5, 0.6) is 0 Å². The van der Waals surface area contributed by atoms with Crippen LogP contribution >= 0.6 is 11.3 Å². The first-order valence-corrected chi connectivity index (χ1v) is 7.79. The highest BCUT2D eigenvalue weighted by molar-refractivity contribution is 7.09. The van der Waals surface area contributed by atoms with Gasteiger partial charge in [-0.15, -0.1) is 11.3 Å². The van der Waals surface area contributed by atoms with Crippen molar-refractivity contribution in [1.82, 2.24) is 9.88 Å². The summed E-state index contributed by atoms with van der Waals surface area (Å²) in [6.45, 7) is 3.13. The van der Waals surface area contributed by atoms with E-state index in [-0.39, 0.29) is 0 Å². The van der Waals surface area contributed by atoms with E-state index in [2.05, 4.69) is 22.2 Å². The summed E-state index contributed by atoms with van der Waals surface area (Å²) in [5.74, 6) is 0.477. The van der Waals surface area contributed by atoms with Crippen molar-refractivity contribution in [2.24, 2.45) is 0 Å². The van der Waals surface area contributed by atoms with E-state index in [9.17, 15) is 4.79 Å². The number of ketones is 1. The van der Waals surface area contributed by atoms with E-state index >= 15 is 0 Å². The molecule has 1 aromatic rings. The first-order chi connectivity index (χ1) is 8.72. The van der Waals surface area contributed by atoms with Crippen LogP contribution in [0.3, 0.4) is 0 Å². The summed E-state index contributed by atoms with van der Waals surface area (Å²) in [5.41, 5.74) is 1.22. The van der Waals surface area contributed by atoms with Crippen LogP contribution in [0.25, 0.3) is 0 Å². The molecule has 0 radical (unpaired) electrons. The van der Waals surface area contributed by atoms with Crippen LogP contribution in [0, 0.1) is 6.92 Å². The summed E-state index contributed by atoms with van der Waals surface area (Å²) in [6, 6.07) is 1.04. The first kappa shape index (κ1) is 12.3. The number of Topliss-reactive ketones (excluding diaryl/α,β-unsaturated/α-hetero) is 1. The minimum atomic E-state index is 0.477. The van der Waals surface area contributed by atoms with Crippen LogP contribution in [0.2, 0.25) is 0 Å². The molecule has 4 heteroatoms. The van der Waals surface area contributed by atoms with E-state index in [4.69, 9.17) is 0 Å². The molecule has 2 bridgehead atoms. The van der Waals surface area contributed by atoms with Gasteiger partial charge in [0.2, 0.25) is 0 Å². The Morgan fingerprint density at radius 2 is 2.11 bits per heavy atom. The van der Waals surface area contributed by atoms with Gasteiger partial charge in [-0.3, -0.25) is 9.69 Å². The normalized spacial score (nSPS) is 28.6. The van der Waals surface area contributed by atoms with Crippen molar-refractivity contribution in [1.29, 1.82) is 0 Å². The number of nitrogens with zero attached hydrogens (tertiary/aromatic N) is 2. The number of hydrogen-bond donors (Lipinski definition) is 0. The van der Waals surface area contributed by atoms with Crippen LogP contribution in [0.4, 0.5) is 0 Å². The summed E-state index contributed by atoms with van der Waals surface area (Å²) in [4.78, 5) is 18.8. The Labute approximate surface area is 112 Å². The summed E-state index contributed by atoms with van der Waals surface area (Å²) >= 11 is 1.73. The maximum Gasteiger partial charge on any atom is 0.136 e. The maximum absolute atomic E-state index is 11.7. The van der Waals surface area contributed by atoms with Crippen molar-refractivity contribution < 1.29 is 4.79 Å². The fraction of sp³-hybridized carbons (Fsp3) is 0.714. The van der Waals surface area contributed by atoms with Crippen LogP contribution in [0.1, 0.15) is 42.8 Å². The van der Waals surface area contributed by atoms with Gasteiger partial charge in [-0.2, -0.15) is 0 Å². The molecule has 18 heavy (non-hydrogen) atoms. The fourth-order valence-corrected chi connectivity index (χ4v) is 4.05. The lowest BCUT2D eigenvalue weighted by atomic mass is 9.83. The Kier molecular flexibility index (Phi) is 3.48.